The van der Waals surface area contributed by atoms with Crippen molar-refractivity contribution in [1.29, 1.82) is 0 Å². The Balaban J connectivity index is 1.43. The molecule has 0 saturated heterocycles. The molecule has 4 rings (SSSR count). The third-order valence-corrected chi connectivity index (χ3v) is 5.93. The summed E-state index contributed by atoms with van der Waals surface area (Å²) in [5, 5.41) is 7.17. The van der Waals surface area contributed by atoms with Gasteiger partial charge < -0.3 is 15.8 Å². The molecule has 2 heterocycles. The molecule has 0 radical (unpaired) electrons. The molecule has 1 fully saturated rings. The van der Waals surface area contributed by atoms with E-state index in [-0.39, 0.29) is 36.3 Å². The van der Waals surface area contributed by atoms with E-state index in [0.717, 1.165) is 30.4 Å². The molecule has 162 valence electrons. The lowest BCUT2D eigenvalue weighted by Gasteiger charge is -2.22. The van der Waals surface area contributed by atoms with Gasteiger partial charge in [0.2, 0.25) is 0 Å². The maximum Gasteiger partial charge on any atom is 0.255 e. The highest BCUT2D eigenvalue weighted by Gasteiger charge is 2.30. The molecule has 31 heavy (non-hydrogen) atoms. The van der Waals surface area contributed by atoms with Crippen molar-refractivity contribution < 1.29 is 13.9 Å². The van der Waals surface area contributed by atoms with Gasteiger partial charge in [0.05, 0.1) is 30.5 Å². The molecule has 1 amide bonds. The number of anilines is 1. The fraction of sp³-hybridized carbons (Fsp3) is 0.318. The number of benzene rings is 1. The third kappa shape index (κ3) is 4.94. The molecule has 7 nitrogen and oxygen atoms in total. The molecule has 0 spiro atoms. The summed E-state index contributed by atoms with van der Waals surface area (Å²) in [5.74, 6) is -0.456. The molecule has 1 aliphatic carbocycles. The van der Waals surface area contributed by atoms with Crippen LogP contribution in [0.25, 0.3) is 11.1 Å². The predicted octanol–water partition coefficient (Wildman–Crippen LogP) is 3.83. The van der Waals surface area contributed by atoms with Crippen LogP contribution in [-0.2, 0) is 18.4 Å². The summed E-state index contributed by atoms with van der Waals surface area (Å²) in [4.78, 5) is 17.1. The predicted molar refractivity (Wildman–Crippen MR) is 119 cm³/mol. The molecule has 0 bridgehead atoms. The molecule has 3 aromatic rings. The normalized spacial score (nSPS) is 18.3. The van der Waals surface area contributed by atoms with Gasteiger partial charge in [0.15, 0.2) is 0 Å². The van der Waals surface area contributed by atoms with E-state index in [2.05, 4.69) is 31.3 Å². The Hall–Kier alpha value is -2.78. The van der Waals surface area contributed by atoms with Gasteiger partial charge in [-0.2, -0.15) is 5.10 Å². The van der Waals surface area contributed by atoms with Gasteiger partial charge in [0, 0.05) is 40.6 Å². The molecule has 0 unspecified atom stereocenters. The fourth-order valence-electron chi connectivity index (χ4n) is 3.76. The van der Waals surface area contributed by atoms with Gasteiger partial charge in [-0.25, -0.2) is 9.37 Å². The average Bonchev–Trinajstić information content (AvgIpc) is 3.36. The fourth-order valence-corrected chi connectivity index (χ4v) is 4.09. The number of nitrogen functional groups attached to an aromatic ring is 1. The van der Waals surface area contributed by atoms with Gasteiger partial charge >= 0.3 is 0 Å². The number of amides is 1. The van der Waals surface area contributed by atoms with Crippen molar-refractivity contribution in [2.75, 3.05) is 5.73 Å². The van der Waals surface area contributed by atoms with E-state index in [1.807, 2.05) is 13.2 Å². The quantitative estimate of drug-likeness (QED) is 0.550. The Bertz CT molecular complexity index is 1100. The van der Waals surface area contributed by atoms with Crippen molar-refractivity contribution >= 4 is 27.7 Å². The lowest BCUT2D eigenvalue weighted by Crippen LogP contribution is -2.41. The van der Waals surface area contributed by atoms with Crippen LogP contribution >= 0.6 is 15.9 Å². The molecule has 2 atom stereocenters. The first kappa shape index (κ1) is 21.5. The van der Waals surface area contributed by atoms with Crippen molar-refractivity contribution in [2.24, 2.45) is 7.05 Å². The van der Waals surface area contributed by atoms with E-state index >= 15 is 0 Å². The van der Waals surface area contributed by atoms with Crippen LogP contribution in [0.1, 0.15) is 35.2 Å². The van der Waals surface area contributed by atoms with E-state index in [1.165, 1.54) is 6.07 Å². The Morgan fingerprint density at radius 1 is 1.32 bits per heavy atom. The lowest BCUT2D eigenvalue weighted by molar-refractivity contribution is 0.0259. The van der Waals surface area contributed by atoms with Gasteiger partial charge in [-0.3, -0.25) is 9.48 Å². The van der Waals surface area contributed by atoms with Crippen molar-refractivity contribution in [1.82, 2.24) is 20.1 Å². The molecule has 3 N–H and O–H groups in total. The maximum atomic E-state index is 14.1. The molecule has 0 aliphatic heterocycles. The number of aryl methyl sites for hydroxylation is 1. The number of nitrogens with zero attached hydrogens (tertiary/aromatic N) is 3. The number of aromatic nitrogens is 3. The summed E-state index contributed by atoms with van der Waals surface area (Å²) in [7, 11) is 1.82. The van der Waals surface area contributed by atoms with E-state index in [9.17, 15) is 9.18 Å². The van der Waals surface area contributed by atoms with Crippen LogP contribution in [0.15, 0.2) is 47.3 Å². The Morgan fingerprint density at radius 2 is 2.16 bits per heavy atom. The standard InChI is InChI=1S/C22H23BrFN5O2/c1-29-11-15(10-27-29)14-7-17(21(25)26-9-14)22(30)28-19-3-2-4-20(19)31-12-13-5-6-16(23)8-18(13)24/h5-11,19-20H,2-4,12H2,1H3,(H2,25,26)(H,28,30)/t19-,20-/m1/s1. The van der Waals surface area contributed by atoms with Crippen LogP contribution in [0, 0.1) is 5.82 Å². The summed E-state index contributed by atoms with van der Waals surface area (Å²) in [6.45, 7) is 0.149. The number of ether oxygens (including phenoxy) is 1. The van der Waals surface area contributed by atoms with E-state index < -0.39 is 0 Å². The monoisotopic (exact) mass is 487 g/mol. The van der Waals surface area contributed by atoms with Crippen molar-refractivity contribution in [3.63, 3.8) is 0 Å². The van der Waals surface area contributed by atoms with Crippen molar-refractivity contribution in [3.05, 3.63) is 64.3 Å². The van der Waals surface area contributed by atoms with Gasteiger partial charge in [0.25, 0.3) is 5.91 Å². The number of nitrogens with two attached hydrogens (primary N) is 1. The van der Waals surface area contributed by atoms with E-state index in [0.29, 0.717) is 15.6 Å². The highest BCUT2D eigenvalue weighted by molar-refractivity contribution is 9.10. The van der Waals surface area contributed by atoms with Crippen molar-refractivity contribution in [3.8, 4) is 11.1 Å². The van der Waals surface area contributed by atoms with Crippen molar-refractivity contribution in [2.45, 2.75) is 38.0 Å². The number of carbonyl (C=O) groups is 1. The Kier molecular flexibility index (Phi) is 6.33. The Labute approximate surface area is 187 Å². The molecular weight excluding hydrogens is 465 g/mol. The second-order valence-corrected chi connectivity index (χ2v) is 8.57. The minimum atomic E-state index is -0.320. The van der Waals surface area contributed by atoms with Crippen LogP contribution in [0.3, 0.4) is 0 Å². The maximum absolute atomic E-state index is 14.1. The van der Waals surface area contributed by atoms with Crippen LogP contribution in [0.5, 0.6) is 0 Å². The minimum Gasteiger partial charge on any atom is -0.383 e. The van der Waals surface area contributed by atoms with E-state index in [1.54, 1.807) is 35.3 Å². The third-order valence-electron chi connectivity index (χ3n) is 5.44. The summed E-state index contributed by atoms with van der Waals surface area (Å²) in [5.41, 5.74) is 8.38. The van der Waals surface area contributed by atoms with Gasteiger partial charge in [0.1, 0.15) is 11.6 Å². The zero-order valence-corrected chi connectivity index (χ0v) is 18.6. The molecule has 2 aromatic heterocycles. The van der Waals surface area contributed by atoms with Crippen LogP contribution in [0.4, 0.5) is 10.2 Å². The van der Waals surface area contributed by atoms with Gasteiger partial charge in [-0.05, 0) is 37.5 Å². The summed E-state index contributed by atoms with van der Waals surface area (Å²) >= 11 is 3.25. The number of rotatable bonds is 6. The first-order valence-corrected chi connectivity index (χ1v) is 10.8. The first-order valence-electron chi connectivity index (χ1n) is 10.0. The first-order chi connectivity index (χ1) is 14.9. The molecule has 1 saturated carbocycles. The van der Waals surface area contributed by atoms with Gasteiger partial charge in [-0.15, -0.1) is 0 Å². The number of nitrogens with one attached hydrogen (secondary N) is 1. The summed E-state index contributed by atoms with van der Waals surface area (Å²) in [6, 6.07) is 6.43. The van der Waals surface area contributed by atoms with Crippen LogP contribution < -0.4 is 11.1 Å². The average molecular weight is 488 g/mol. The molecular formula is C22H23BrFN5O2. The van der Waals surface area contributed by atoms with E-state index in [4.69, 9.17) is 10.5 Å². The largest absolute Gasteiger partial charge is 0.383 e. The van der Waals surface area contributed by atoms with Gasteiger partial charge in [-0.1, -0.05) is 22.0 Å². The molecule has 1 aliphatic rings. The molecule has 1 aromatic carbocycles. The zero-order valence-electron chi connectivity index (χ0n) is 17.0. The van der Waals surface area contributed by atoms with Crippen LogP contribution in [0.2, 0.25) is 0 Å². The molecule has 9 heteroatoms. The number of halogens is 2. The SMILES string of the molecule is Cn1cc(-c2cnc(N)c(C(=O)N[C@@H]3CCC[C@H]3OCc3ccc(Br)cc3F)c2)cn1. The second kappa shape index (κ2) is 9.15. The number of pyridine rings is 1. The topological polar surface area (TPSA) is 95.1 Å². The Morgan fingerprint density at radius 3 is 2.90 bits per heavy atom. The smallest absolute Gasteiger partial charge is 0.255 e. The lowest BCUT2D eigenvalue weighted by atomic mass is 10.1. The highest BCUT2D eigenvalue weighted by atomic mass is 79.9. The highest BCUT2D eigenvalue weighted by Crippen LogP contribution is 2.26. The minimum absolute atomic E-state index is 0.149. The summed E-state index contributed by atoms with van der Waals surface area (Å²) in [6.07, 6.45) is 7.48. The van der Waals surface area contributed by atoms with Crippen LogP contribution in [-0.4, -0.2) is 32.8 Å². The number of hydrogen-bond donors (Lipinski definition) is 2. The number of carbonyl (C=O) groups excluding carboxylic acids is 1. The second-order valence-electron chi connectivity index (χ2n) is 7.66. The number of hydrogen-bond acceptors (Lipinski definition) is 5. The zero-order chi connectivity index (χ0) is 22.0. The summed E-state index contributed by atoms with van der Waals surface area (Å²) < 4.78 is 22.4.